The van der Waals surface area contributed by atoms with E-state index in [1.54, 1.807) is 0 Å². The van der Waals surface area contributed by atoms with Crippen LogP contribution in [0.1, 0.15) is 71.1 Å². The number of aliphatic hydroxyl groups is 2. The Labute approximate surface area is 179 Å². The van der Waals surface area contributed by atoms with Gasteiger partial charge in [-0.3, -0.25) is 9.59 Å². The summed E-state index contributed by atoms with van der Waals surface area (Å²) < 4.78 is 0. The molecule has 0 aromatic carbocycles. The molecule has 6 nitrogen and oxygen atoms in total. The van der Waals surface area contributed by atoms with E-state index in [0.29, 0.717) is 53.8 Å². The first kappa shape index (κ1) is 22.1. The average Bonchev–Trinajstić information content (AvgIpc) is 3.14. The Morgan fingerprint density at radius 2 is 1.60 bits per heavy atom. The molecule has 0 radical (unpaired) electrons. The third-order valence-electron chi connectivity index (χ3n) is 9.30. The Kier molecular flexibility index (Phi) is 6.73. The van der Waals surface area contributed by atoms with Gasteiger partial charge in [-0.2, -0.15) is 0 Å². The molecule has 0 aromatic rings. The SMILES string of the molecule is CC(CCC(=O)NCC(=O)O)C1CCC2C1CCC1C3CCC(O)CC3CC(O)C12. The van der Waals surface area contributed by atoms with E-state index in [1.807, 2.05) is 0 Å². The Hall–Kier alpha value is -1.14. The lowest BCUT2D eigenvalue weighted by atomic mass is 9.52. The first-order valence-corrected chi connectivity index (χ1v) is 12.2. The van der Waals surface area contributed by atoms with Crippen LogP contribution in [0, 0.1) is 47.3 Å². The Balaban J connectivity index is 1.35. The first-order chi connectivity index (χ1) is 14.3. The number of rotatable bonds is 6. The fraction of sp³-hybridized carbons (Fsp3) is 0.917. The van der Waals surface area contributed by atoms with Gasteiger partial charge in [0.05, 0.1) is 12.2 Å². The molecule has 10 unspecified atom stereocenters. The Morgan fingerprint density at radius 3 is 2.37 bits per heavy atom. The molecule has 30 heavy (non-hydrogen) atoms. The van der Waals surface area contributed by atoms with Crippen LogP contribution in [-0.2, 0) is 9.59 Å². The standard InChI is InChI=1S/C24H39NO5/c1-13(2-9-22(28)25-12-23(29)30)16-5-7-20-18(16)6-8-19-17-4-3-15(26)10-14(17)11-21(27)24(19)20/h13-21,24,26-27H,2-12H2,1H3,(H,25,28)(H,29,30). The number of nitrogens with one attached hydrogen (secondary N) is 1. The summed E-state index contributed by atoms with van der Waals surface area (Å²) >= 11 is 0. The molecule has 1 amide bonds. The van der Waals surface area contributed by atoms with Gasteiger partial charge in [-0.25, -0.2) is 0 Å². The summed E-state index contributed by atoms with van der Waals surface area (Å²) in [5.41, 5.74) is 0. The monoisotopic (exact) mass is 421 g/mol. The summed E-state index contributed by atoms with van der Waals surface area (Å²) in [7, 11) is 0. The normalized spacial score (nSPS) is 43.8. The molecule has 6 heteroatoms. The maximum Gasteiger partial charge on any atom is 0.322 e. The highest BCUT2D eigenvalue weighted by atomic mass is 16.4. The van der Waals surface area contributed by atoms with Crippen LogP contribution >= 0.6 is 0 Å². The number of carboxylic acids is 1. The number of carbonyl (C=O) groups excluding carboxylic acids is 1. The molecule has 0 aromatic heterocycles. The number of amides is 1. The van der Waals surface area contributed by atoms with Crippen LogP contribution < -0.4 is 5.32 Å². The van der Waals surface area contributed by atoms with E-state index >= 15 is 0 Å². The van der Waals surface area contributed by atoms with Crippen molar-refractivity contribution in [3.8, 4) is 0 Å². The number of fused-ring (bicyclic) bond motifs is 5. The van der Waals surface area contributed by atoms with Gasteiger partial charge in [0.25, 0.3) is 0 Å². The molecule has 4 aliphatic rings. The topological polar surface area (TPSA) is 107 Å². The van der Waals surface area contributed by atoms with Crippen LogP contribution in [-0.4, -0.2) is 45.9 Å². The Morgan fingerprint density at radius 1 is 0.933 bits per heavy atom. The van der Waals surface area contributed by atoms with Crippen molar-refractivity contribution in [1.82, 2.24) is 5.32 Å². The highest BCUT2D eigenvalue weighted by molar-refractivity contribution is 5.80. The summed E-state index contributed by atoms with van der Waals surface area (Å²) in [6, 6.07) is 0. The van der Waals surface area contributed by atoms with Gasteiger partial charge in [0, 0.05) is 6.42 Å². The molecule has 0 spiro atoms. The maximum absolute atomic E-state index is 11.9. The van der Waals surface area contributed by atoms with Crippen molar-refractivity contribution in [3.05, 3.63) is 0 Å². The summed E-state index contributed by atoms with van der Waals surface area (Å²) in [5.74, 6) is 3.40. The van der Waals surface area contributed by atoms with E-state index in [4.69, 9.17) is 5.11 Å². The number of carbonyl (C=O) groups is 2. The highest BCUT2D eigenvalue weighted by Crippen LogP contribution is 2.60. The van der Waals surface area contributed by atoms with Gasteiger partial charge in [-0.1, -0.05) is 6.92 Å². The minimum absolute atomic E-state index is 0.171. The molecule has 0 aliphatic heterocycles. The maximum atomic E-state index is 11.9. The lowest BCUT2D eigenvalue weighted by Gasteiger charge is -2.54. The third-order valence-corrected chi connectivity index (χ3v) is 9.30. The molecule has 4 fully saturated rings. The molecular formula is C24H39NO5. The van der Waals surface area contributed by atoms with Crippen molar-refractivity contribution in [1.29, 1.82) is 0 Å². The lowest BCUT2D eigenvalue weighted by molar-refractivity contribution is -0.138. The molecule has 0 bridgehead atoms. The van der Waals surface area contributed by atoms with Gasteiger partial charge in [0.1, 0.15) is 6.54 Å². The summed E-state index contributed by atoms with van der Waals surface area (Å²) in [6.07, 6.45) is 9.45. The zero-order valence-electron chi connectivity index (χ0n) is 18.2. The second-order valence-electron chi connectivity index (χ2n) is 10.8. The van der Waals surface area contributed by atoms with Crippen LogP contribution in [0.15, 0.2) is 0 Å². The summed E-state index contributed by atoms with van der Waals surface area (Å²) in [4.78, 5) is 22.5. The number of hydrogen-bond acceptors (Lipinski definition) is 4. The number of hydrogen-bond donors (Lipinski definition) is 4. The van der Waals surface area contributed by atoms with Crippen molar-refractivity contribution in [2.24, 2.45) is 47.3 Å². The van der Waals surface area contributed by atoms with Crippen LogP contribution in [0.25, 0.3) is 0 Å². The van der Waals surface area contributed by atoms with E-state index < -0.39 is 5.97 Å². The zero-order valence-corrected chi connectivity index (χ0v) is 18.2. The summed E-state index contributed by atoms with van der Waals surface area (Å²) in [6.45, 7) is 1.95. The van der Waals surface area contributed by atoms with Crippen LogP contribution in [0.4, 0.5) is 0 Å². The molecular weight excluding hydrogens is 382 g/mol. The molecule has 10 atom stereocenters. The van der Waals surface area contributed by atoms with Crippen molar-refractivity contribution >= 4 is 11.9 Å². The van der Waals surface area contributed by atoms with Gasteiger partial charge in [0.2, 0.25) is 5.91 Å². The molecule has 4 N–H and O–H groups in total. The van der Waals surface area contributed by atoms with Crippen LogP contribution in [0.2, 0.25) is 0 Å². The smallest absolute Gasteiger partial charge is 0.322 e. The number of aliphatic hydroxyl groups excluding tert-OH is 2. The van der Waals surface area contributed by atoms with Gasteiger partial charge in [-0.05, 0) is 105 Å². The zero-order chi connectivity index (χ0) is 21.4. The minimum atomic E-state index is -1.01. The van der Waals surface area contributed by atoms with Gasteiger partial charge in [-0.15, -0.1) is 0 Å². The van der Waals surface area contributed by atoms with Gasteiger partial charge >= 0.3 is 5.97 Å². The lowest BCUT2D eigenvalue weighted by Crippen LogP contribution is -2.52. The van der Waals surface area contributed by atoms with Crippen LogP contribution in [0.3, 0.4) is 0 Å². The molecule has 0 heterocycles. The number of carboxylic acid groups (broad SMARTS) is 1. The molecule has 4 saturated carbocycles. The highest BCUT2D eigenvalue weighted by Gasteiger charge is 2.55. The fourth-order valence-electron chi connectivity index (χ4n) is 8.11. The van der Waals surface area contributed by atoms with Crippen molar-refractivity contribution in [2.45, 2.75) is 83.3 Å². The van der Waals surface area contributed by atoms with Crippen molar-refractivity contribution in [2.75, 3.05) is 6.54 Å². The van der Waals surface area contributed by atoms with E-state index in [1.165, 1.54) is 25.7 Å². The van der Waals surface area contributed by atoms with Gasteiger partial charge in [0.15, 0.2) is 0 Å². The average molecular weight is 422 g/mol. The van der Waals surface area contributed by atoms with Gasteiger partial charge < -0.3 is 20.6 Å². The first-order valence-electron chi connectivity index (χ1n) is 12.2. The molecule has 4 aliphatic carbocycles. The van der Waals surface area contributed by atoms with E-state index in [2.05, 4.69) is 12.2 Å². The van der Waals surface area contributed by atoms with E-state index in [-0.39, 0.29) is 24.7 Å². The predicted molar refractivity (Wildman–Crippen MR) is 112 cm³/mol. The van der Waals surface area contributed by atoms with Crippen LogP contribution in [0.5, 0.6) is 0 Å². The largest absolute Gasteiger partial charge is 0.480 e. The second kappa shape index (κ2) is 9.15. The van der Waals surface area contributed by atoms with E-state index in [0.717, 1.165) is 32.1 Å². The quantitative estimate of drug-likeness (QED) is 0.528. The Bertz CT molecular complexity index is 639. The fourth-order valence-corrected chi connectivity index (χ4v) is 8.11. The second-order valence-corrected chi connectivity index (χ2v) is 10.8. The molecule has 4 rings (SSSR count). The molecule has 0 saturated heterocycles. The minimum Gasteiger partial charge on any atom is -0.480 e. The third kappa shape index (κ3) is 4.40. The van der Waals surface area contributed by atoms with Crippen molar-refractivity contribution < 1.29 is 24.9 Å². The predicted octanol–water partition coefficient (Wildman–Crippen LogP) is 2.81. The van der Waals surface area contributed by atoms with E-state index in [9.17, 15) is 19.8 Å². The summed E-state index contributed by atoms with van der Waals surface area (Å²) in [5, 5.41) is 32.3. The number of aliphatic carboxylic acids is 1. The molecule has 170 valence electrons. The van der Waals surface area contributed by atoms with Crippen molar-refractivity contribution in [3.63, 3.8) is 0 Å².